The molecule has 146 valence electrons. The average Bonchev–Trinajstić information content (AvgIpc) is 3.16. The van der Waals surface area contributed by atoms with Gasteiger partial charge in [-0.3, -0.25) is 0 Å². The summed E-state index contributed by atoms with van der Waals surface area (Å²) >= 11 is 0. The molecule has 1 aliphatic rings. The zero-order valence-electron chi connectivity index (χ0n) is 16.3. The molecule has 2 rings (SSSR count). The van der Waals surface area contributed by atoms with Crippen LogP contribution in [0.25, 0.3) is 0 Å². The number of rotatable bonds is 9. The summed E-state index contributed by atoms with van der Waals surface area (Å²) < 4.78 is 11.5. The number of nitrogens with zero attached hydrogens (tertiary/aromatic N) is 1. The van der Waals surface area contributed by atoms with Gasteiger partial charge in [-0.2, -0.15) is 0 Å². The Morgan fingerprint density at radius 1 is 1.42 bits per heavy atom. The van der Waals surface area contributed by atoms with Crippen molar-refractivity contribution in [3.63, 3.8) is 0 Å². The lowest BCUT2D eigenvalue weighted by Crippen LogP contribution is -2.39. The minimum atomic E-state index is 0.160. The van der Waals surface area contributed by atoms with Crippen molar-refractivity contribution < 1.29 is 14.6 Å². The number of benzene rings is 1. The highest BCUT2D eigenvalue weighted by molar-refractivity contribution is 5.79. The first-order chi connectivity index (χ1) is 12.6. The predicted octanol–water partition coefficient (Wildman–Crippen LogP) is 2.09. The molecule has 3 N–H and O–H groups in total. The maximum Gasteiger partial charge on any atom is 0.191 e. The maximum absolute atomic E-state index is 9.17. The molecule has 1 aromatic carbocycles. The Labute approximate surface area is 157 Å². The lowest BCUT2D eigenvalue weighted by atomic mass is 10.1. The number of aryl methyl sites for hydroxylation is 1. The van der Waals surface area contributed by atoms with E-state index < -0.39 is 0 Å². The SMILES string of the molecule is CCNC(=NCc1ccc(C)cc1OCC1CCOC1)NCC(C)CO. The third-order valence-corrected chi connectivity index (χ3v) is 4.40. The zero-order chi connectivity index (χ0) is 18.8. The van der Waals surface area contributed by atoms with Gasteiger partial charge < -0.3 is 25.2 Å². The van der Waals surface area contributed by atoms with Gasteiger partial charge in [0.25, 0.3) is 0 Å². The van der Waals surface area contributed by atoms with Crippen LogP contribution in [0, 0.1) is 18.8 Å². The van der Waals surface area contributed by atoms with E-state index in [0.717, 1.165) is 43.5 Å². The highest BCUT2D eigenvalue weighted by Crippen LogP contribution is 2.23. The second-order valence-corrected chi connectivity index (χ2v) is 7.02. The minimum absolute atomic E-state index is 0.160. The number of ether oxygens (including phenoxy) is 2. The summed E-state index contributed by atoms with van der Waals surface area (Å²) in [5.41, 5.74) is 2.25. The Morgan fingerprint density at radius 3 is 2.96 bits per heavy atom. The lowest BCUT2D eigenvalue weighted by molar-refractivity contribution is 0.166. The molecule has 26 heavy (non-hydrogen) atoms. The summed E-state index contributed by atoms with van der Waals surface area (Å²) in [4.78, 5) is 4.67. The Morgan fingerprint density at radius 2 is 2.27 bits per heavy atom. The fraction of sp³-hybridized carbons (Fsp3) is 0.650. The number of guanidine groups is 1. The van der Waals surface area contributed by atoms with Gasteiger partial charge in [-0.25, -0.2) is 4.99 Å². The third kappa shape index (κ3) is 6.84. The molecule has 1 fully saturated rings. The third-order valence-electron chi connectivity index (χ3n) is 4.40. The molecule has 1 saturated heterocycles. The van der Waals surface area contributed by atoms with Gasteiger partial charge >= 0.3 is 0 Å². The molecule has 0 aromatic heterocycles. The molecule has 2 unspecified atom stereocenters. The highest BCUT2D eigenvalue weighted by Gasteiger charge is 2.17. The van der Waals surface area contributed by atoms with Crippen LogP contribution in [0.5, 0.6) is 5.75 Å². The van der Waals surface area contributed by atoms with E-state index in [1.807, 2.05) is 13.8 Å². The summed E-state index contributed by atoms with van der Waals surface area (Å²) in [5.74, 6) is 2.32. The first kappa shape index (κ1) is 20.5. The molecule has 2 atom stereocenters. The first-order valence-corrected chi connectivity index (χ1v) is 9.55. The second kappa shape index (κ2) is 11.0. The van der Waals surface area contributed by atoms with Crippen LogP contribution in [0.2, 0.25) is 0 Å². The van der Waals surface area contributed by atoms with Crippen LogP contribution < -0.4 is 15.4 Å². The molecule has 0 amide bonds. The summed E-state index contributed by atoms with van der Waals surface area (Å²) in [6.45, 7) is 10.6. The molecule has 0 aliphatic carbocycles. The fourth-order valence-corrected chi connectivity index (χ4v) is 2.69. The van der Waals surface area contributed by atoms with Gasteiger partial charge in [0.1, 0.15) is 5.75 Å². The van der Waals surface area contributed by atoms with Gasteiger partial charge in [-0.15, -0.1) is 0 Å². The molecule has 6 nitrogen and oxygen atoms in total. The summed E-state index contributed by atoms with van der Waals surface area (Å²) in [5, 5.41) is 15.7. The van der Waals surface area contributed by atoms with E-state index in [1.165, 1.54) is 5.56 Å². The van der Waals surface area contributed by atoms with Crippen molar-refractivity contribution in [3.05, 3.63) is 29.3 Å². The quantitative estimate of drug-likeness (QED) is 0.463. The molecular weight excluding hydrogens is 330 g/mol. The van der Waals surface area contributed by atoms with Crippen molar-refractivity contribution >= 4 is 5.96 Å². The molecule has 1 aromatic rings. The molecule has 0 saturated carbocycles. The average molecular weight is 364 g/mol. The first-order valence-electron chi connectivity index (χ1n) is 9.55. The summed E-state index contributed by atoms with van der Waals surface area (Å²) in [6.07, 6.45) is 1.07. The van der Waals surface area contributed by atoms with E-state index in [1.54, 1.807) is 0 Å². The van der Waals surface area contributed by atoms with Gasteiger partial charge in [0.2, 0.25) is 0 Å². The van der Waals surface area contributed by atoms with Crippen LogP contribution in [0.3, 0.4) is 0 Å². The van der Waals surface area contributed by atoms with Crippen molar-refractivity contribution in [2.75, 3.05) is 39.5 Å². The molecule has 1 aliphatic heterocycles. The molecule has 0 spiro atoms. The van der Waals surface area contributed by atoms with Gasteiger partial charge in [-0.1, -0.05) is 19.1 Å². The predicted molar refractivity (Wildman–Crippen MR) is 105 cm³/mol. The highest BCUT2D eigenvalue weighted by atomic mass is 16.5. The molecule has 0 bridgehead atoms. The van der Waals surface area contributed by atoms with Crippen LogP contribution >= 0.6 is 0 Å². The van der Waals surface area contributed by atoms with Gasteiger partial charge in [-0.05, 0) is 37.8 Å². The van der Waals surface area contributed by atoms with E-state index >= 15 is 0 Å². The van der Waals surface area contributed by atoms with Crippen LogP contribution in [0.4, 0.5) is 0 Å². The van der Waals surface area contributed by atoms with Crippen LogP contribution in [-0.4, -0.2) is 50.6 Å². The van der Waals surface area contributed by atoms with Crippen molar-refractivity contribution in [2.24, 2.45) is 16.8 Å². The maximum atomic E-state index is 9.17. The van der Waals surface area contributed by atoms with Crippen LogP contribution in [0.15, 0.2) is 23.2 Å². The Bertz CT molecular complexity index is 571. The Kier molecular flexibility index (Phi) is 8.71. The zero-order valence-corrected chi connectivity index (χ0v) is 16.3. The van der Waals surface area contributed by atoms with Gasteiger partial charge in [0, 0.05) is 37.8 Å². The van der Waals surface area contributed by atoms with E-state index in [9.17, 15) is 5.11 Å². The van der Waals surface area contributed by atoms with Crippen molar-refractivity contribution in [1.29, 1.82) is 0 Å². The summed E-state index contributed by atoms with van der Waals surface area (Å²) in [6, 6.07) is 6.25. The van der Waals surface area contributed by atoms with Crippen LogP contribution in [-0.2, 0) is 11.3 Å². The number of aliphatic imine (C=N–C) groups is 1. The van der Waals surface area contributed by atoms with E-state index in [-0.39, 0.29) is 12.5 Å². The number of hydrogen-bond donors (Lipinski definition) is 3. The standard InChI is InChI=1S/C20H33N3O3/c1-4-21-20(22-10-16(3)12-24)23-11-18-6-5-15(2)9-19(18)26-14-17-7-8-25-13-17/h5-6,9,16-17,24H,4,7-8,10-14H2,1-3H3,(H2,21,22,23). The lowest BCUT2D eigenvalue weighted by Gasteiger charge is -2.16. The summed E-state index contributed by atoms with van der Waals surface area (Å²) in [7, 11) is 0. The van der Waals surface area contributed by atoms with Gasteiger partial charge in [0.15, 0.2) is 5.96 Å². The second-order valence-electron chi connectivity index (χ2n) is 7.02. The molecular formula is C20H33N3O3. The van der Waals surface area contributed by atoms with E-state index in [2.05, 4.69) is 40.7 Å². The van der Waals surface area contributed by atoms with E-state index in [0.29, 0.717) is 25.6 Å². The molecule has 0 radical (unpaired) electrons. The topological polar surface area (TPSA) is 75.1 Å². The van der Waals surface area contributed by atoms with E-state index in [4.69, 9.17) is 9.47 Å². The Hall–Kier alpha value is -1.79. The molecule has 6 heteroatoms. The Balaban J connectivity index is 2.00. The van der Waals surface area contributed by atoms with Crippen molar-refractivity contribution in [2.45, 2.75) is 33.7 Å². The largest absolute Gasteiger partial charge is 0.493 e. The number of hydrogen-bond acceptors (Lipinski definition) is 4. The van der Waals surface area contributed by atoms with Crippen LogP contribution in [0.1, 0.15) is 31.4 Å². The number of aliphatic hydroxyl groups is 1. The van der Waals surface area contributed by atoms with Crippen molar-refractivity contribution in [3.8, 4) is 5.75 Å². The number of aliphatic hydroxyl groups excluding tert-OH is 1. The minimum Gasteiger partial charge on any atom is -0.493 e. The number of nitrogens with one attached hydrogen (secondary N) is 2. The van der Waals surface area contributed by atoms with Gasteiger partial charge in [0.05, 0.1) is 19.8 Å². The molecule has 1 heterocycles. The monoisotopic (exact) mass is 363 g/mol. The van der Waals surface area contributed by atoms with Crippen molar-refractivity contribution in [1.82, 2.24) is 10.6 Å². The smallest absolute Gasteiger partial charge is 0.191 e. The fourth-order valence-electron chi connectivity index (χ4n) is 2.69. The normalized spacial score (nSPS) is 18.6.